The zero-order valence-electron chi connectivity index (χ0n) is 8.65. The van der Waals surface area contributed by atoms with E-state index in [0.29, 0.717) is 12.4 Å². The summed E-state index contributed by atoms with van der Waals surface area (Å²) in [4.78, 5) is 0. The van der Waals surface area contributed by atoms with E-state index in [4.69, 9.17) is 16.3 Å². The quantitative estimate of drug-likeness (QED) is 0.837. The molecule has 1 aromatic rings. The number of hydrogen-bond acceptors (Lipinski definition) is 3. The van der Waals surface area contributed by atoms with Crippen molar-refractivity contribution < 1.29 is 9.84 Å². The molecule has 0 saturated carbocycles. The van der Waals surface area contributed by atoms with Gasteiger partial charge in [-0.05, 0) is 17.7 Å². The molecule has 1 atom stereocenters. The predicted octanol–water partition coefficient (Wildman–Crippen LogP) is 2.58. The van der Waals surface area contributed by atoms with E-state index in [2.05, 4.69) is 0 Å². The number of halogens is 1. The Hall–Kier alpha value is -0.220. The van der Waals surface area contributed by atoms with Crippen LogP contribution in [0.1, 0.15) is 5.56 Å². The average molecular weight is 247 g/mol. The molecule has 0 amide bonds. The highest BCUT2D eigenvalue weighted by Gasteiger charge is 2.03. The molecule has 0 aromatic heterocycles. The maximum atomic E-state index is 9.40. The van der Waals surface area contributed by atoms with Gasteiger partial charge in [0.1, 0.15) is 0 Å². The molecule has 1 aromatic carbocycles. The van der Waals surface area contributed by atoms with E-state index in [0.717, 1.165) is 10.8 Å². The lowest BCUT2D eigenvalue weighted by Crippen LogP contribution is -2.16. The number of aliphatic hydroxyl groups excluding tert-OH is 1. The van der Waals surface area contributed by atoms with Crippen molar-refractivity contribution in [3.8, 4) is 0 Å². The van der Waals surface area contributed by atoms with Gasteiger partial charge in [0.25, 0.3) is 0 Å². The summed E-state index contributed by atoms with van der Waals surface area (Å²) in [5.41, 5.74) is 1.22. The topological polar surface area (TPSA) is 29.5 Å². The number of methoxy groups -OCH3 is 1. The van der Waals surface area contributed by atoms with Gasteiger partial charge in [0, 0.05) is 23.6 Å². The minimum atomic E-state index is -0.382. The molecule has 0 radical (unpaired) electrons. The normalized spacial score (nSPS) is 12.7. The number of rotatable bonds is 6. The number of thioether (sulfide) groups is 1. The molecule has 1 N–H and O–H groups in total. The standard InChI is InChI=1S/C11H15ClO2S/c1-14-6-11(13)8-15-7-9-2-4-10(12)5-3-9/h2-5,11,13H,6-8H2,1H3. The molecule has 0 saturated heterocycles. The minimum Gasteiger partial charge on any atom is -0.390 e. The molecule has 1 unspecified atom stereocenters. The molecule has 0 spiro atoms. The van der Waals surface area contributed by atoms with Crippen molar-refractivity contribution in [3.05, 3.63) is 34.9 Å². The first-order chi connectivity index (χ1) is 7.22. The molecular formula is C11H15ClO2S. The number of aliphatic hydroxyl groups is 1. The van der Waals surface area contributed by atoms with Crippen molar-refractivity contribution in [1.82, 2.24) is 0 Å². The molecule has 1 rings (SSSR count). The van der Waals surface area contributed by atoms with Gasteiger partial charge in [0.05, 0.1) is 12.7 Å². The molecule has 0 aliphatic heterocycles. The fourth-order valence-corrected chi connectivity index (χ4v) is 2.17. The smallest absolute Gasteiger partial charge is 0.0863 e. The summed E-state index contributed by atoms with van der Waals surface area (Å²) in [6.07, 6.45) is -0.382. The van der Waals surface area contributed by atoms with Gasteiger partial charge in [-0.2, -0.15) is 11.8 Å². The molecule has 0 aliphatic carbocycles. The average Bonchev–Trinajstić information content (AvgIpc) is 2.21. The molecule has 0 heterocycles. The van der Waals surface area contributed by atoms with Gasteiger partial charge in [-0.25, -0.2) is 0 Å². The second kappa shape index (κ2) is 7.12. The monoisotopic (exact) mass is 246 g/mol. The van der Waals surface area contributed by atoms with Crippen LogP contribution in [0.15, 0.2) is 24.3 Å². The predicted molar refractivity (Wildman–Crippen MR) is 65.5 cm³/mol. The van der Waals surface area contributed by atoms with Crippen LogP contribution in [-0.2, 0) is 10.5 Å². The summed E-state index contributed by atoms with van der Waals surface area (Å²) in [7, 11) is 1.59. The van der Waals surface area contributed by atoms with Crippen molar-refractivity contribution in [2.45, 2.75) is 11.9 Å². The Bertz CT molecular complexity index is 276. The Balaban J connectivity index is 2.22. The molecule has 0 fully saturated rings. The highest BCUT2D eigenvalue weighted by Crippen LogP contribution is 2.16. The zero-order chi connectivity index (χ0) is 11.1. The summed E-state index contributed by atoms with van der Waals surface area (Å²) < 4.78 is 4.84. The summed E-state index contributed by atoms with van der Waals surface area (Å²) in [5, 5.41) is 10.2. The van der Waals surface area contributed by atoms with Crippen LogP contribution < -0.4 is 0 Å². The lowest BCUT2D eigenvalue weighted by Gasteiger charge is -2.08. The van der Waals surface area contributed by atoms with Crippen LogP contribution in [0.2, 0.25) is 5.02 Å². The number of ether oxygens (including phenoxy) is 1. The Morgan fingerprint density at radius 2 is 2.07 bits per heavy atom. The van der Waals surface area contributed by atoms with E-state index in [-0.39, 0.29) is 6.10 Å². The molecule has 2 nitrogen and oxygen atoms in total. The number of hydrogen-bond donors (Lipinski definition) is 1. The van der Waals surface area contributed by atoms with E-state index in [1.54, 1.807) is 18.9 Å². The molecule has 0 aliphatic rings. The molecular weight excluding hydrogens is 232 g/mol. The van der Waals surface area contributed by atoms with Crippen molar-refractivity contribution >= 4 is 23.4 Å². The Labute approximate surface area is 99.6 Å². The van der Waals surface area contributed by atoms with Crippen LogP contribution in [0.5, 0.6) is 0 Å². The van der Waals surface area contributed by atoms with E-state index < -0.39 is 0 Å². The molecule has 4 heteroatoms. The van der Waals surface area contributed by atoms with Gasteiger partial charge in [0.15, 0.2) is 0 Å². The zero-order valence-corrected chi connectivity index (χ0v) is 10.2. The second-order valence-corrected chi connectivity index (χ2v) is 4.72. The van der Waals surface area contributed by atoms with Gasteiger partial charge in [-0.15, -0.1) is 0 Å². The highest BCUT2D eigenvalue weighted by molar-refractivity contribution is 7.98. The van der Waals surface area contributed by atoms with Crippen LogP contribution in [0, 0.1) is 0 Å². The van der Waals surface area contributed by atoms with Crippen molar-refractivity contribution in [2.75, 3.05) is 19.5 Å². The van der Waals surface area contributed by atoms with E-state index in [1.165, 1.54) is 5.56 Å². The highest BCUT2D eigenvalue weighted by atomic mass is 35.5. The lowest BCUT2D eigenvalue weighted by atomic mass is 10.2. The first-order valence-corrected chi connectivity index (χ1v) is 6.25. The van der Waals surface area contributed by atoms with Gasteiger partial charge in [-0.3, -0.25) is 0 Å². The van der Waals surface area contributed by atoms with Crippen molar-refractivity contribution in [1.29, 1.82) is 0 Å². The first kappa shape index (κ1) is 12.8. The van der Waals surface area contributed by atoms with Crippen molar-refractivity contribution in [2.24, 2.45) is 0 Å². The van der Waals surface area contributed by atoms with Gasteiger partial charge >= 0.3 is 0 Å². The fourth-order valence-electron chi connectivity index (χ4n) is 1.13. The minimum absolute atomic E-state index is 0.382. The summed E-state index contributed by atoms with van der Waals surface area (Å²) in [5.74, 6) is 1.58. The molecule has 15 heavy (non-hydrogen) atoms. The largest absolute Gasteiger partial charge is 0.390 e. The third-order valence-corrected chi connectivity index (χ3v) is 3.26. The third kappa shape index (κ3) is 5.42. The van der Waals surface area contributed by atoms with Crippen LogP contribution in [0.4, 0.5) is 0 Å². The summed E-state index contributed by atoms with van der Waals surface area (Å²) in [6, 6.07) is 7.75. The Morgan fingerprint density at radius 1 is 1.40 bits per heavy atom. The van der Waals surface area contributed by atoms with E-state index in [9.17, 15) is 5.11 Å². The maximum Gasteiger partial charge on any atom is 0.0863 e. The van der Waals surface area contributed by atoms with Crippen LogP contribution >= 0.6 is 23.4 Å². The third-order valence-electron chi connectivity index (χ3n) is 1.85. The van der Waals surface area contributed by atoms with Crippen LogP contribution in [-0.4, -0.2) is 30.7 Å². The van der Waals surface area contributed by atoms with Gasteiger partial charge < -0.3 is 9.84 Å². The fraction of sp³-hybridized carbons (Fsp3) is 0.455. The second-order valence-electron chi connectivity index (χ2n) is 3.25. The Morgan fingerprint density at radius 3 is 2.67 bits per heavy atom. The van der Waals surface area contributed by atoms with Gasteiger partial charge in [0.2, 0.25) is 0 Å². The SMILES string of the molecule is COCC(O)CSCc1ccc(Cl)cc1. The first-order valence-electron chi connectivity index (χ1n) is 4.71. The van der Waals surface area contributed by atoms with Crippen LogP contribution in [0.25, 0.3) is 0 Å². The van der Waals surface area contributed by atoms with E-state index in [1.807, 2.05) is 24.3 Å². The van der Waals surface area contributed by atoms with Gasteiger partial charge in [-0.1, -0.05) is 23.7 Å². The summed E-state index contributed by atoms with van der Waals surface area (Å²) in [6.45, 7) is 0.396. The van der Waals surface area contributed by atoms with E-state index >= 15 is 0 Å². The maximum absolute atomic E-state index is 9.40. The molecule has 84 valence electrons. The van der Waals surface area contributed by atoms with Crippen molar-refractivity contribution in [3.63, 3.8) is 0 Å². The lowest BCUT2D eigenvalue weighted by molar-refractivity contribution is 0.0794. The summed E-state index contributed by atoms with van der Waals surface area (Å²) >= 11 is 7.46. The van der Waals surface area contributed by atoms with Crippen LogP contribution in [0.3, 0.4) is 0 Å². The molecule has 0 bridgehead atoms. The number of benzene rings is 1. The Kier molecular flexibility index (Phi) is 6.10.